The van der Waals surface area contributed by atoms with Gasteiger partial charge in [-0.1, -0.05) is 0 Å². The van der Waals surface area contributed by atoms with Gasteiger partial charge in [-0.2, -0.15) is 4.98 Å². The zero-order valence-corrected chi connectivity index (χ0v) is 21.3. The molecule has 2 aliphatic heterocycles. The van der Waals surface area contributed by atoms with E-state index in [2.05, 4.69) is 25.5 Å². The molecule has 0 aliphatic carbocycles. The summed E-state index contributed by atoms with van der Waals surface area (Å²) >= 11 is 7.61. The molecule has 0 spiro atoms. The van der Waals surface area contributed by atoms with Gasteiger partial charge in [-0.05, 0) is 49.2 Å². The fourth-order valence-electron chi connectivity index (χ4n) is 4.98. The lowest BCUT2D eigenvalue weighted by molar-refractivity contribution is 0.0962. The smallest absolute Gasteiger partial charge is 0.263 e. The number of likely N-dealkylation sites (tertiary alicyclic amines) is 1. The average Bonchev–Trinajstić information content (AvgIpc) is 3.43. The van der Waals surface area contributed by atoms with Gasteiger partial charge in [0.2, 0.25) is 17.0 Å². The first-order chi connectivity index (χ1) is 17.6. The summed E-state index contributed by atoms with van der Waals surface area (Å²) in [6.07, 6.45) is 3.94. The number of carbonyl (C=O) groups is 1. The van der Waals surface area contributed by atoms with Crippen molar-refractivity contribution in [2.75, 3.05) is 38.7 Å². The Bertz CT molecular complexity index is 1460. The number of pyridine rings is 1. The maximum atomic E-state index is 12.5. The van der Waals surface area contributed by atoms with Crippen LogP contribution < -0.4 is 15.4 Å². The summed E-state index contributed by atoms with van der Waals surface area (Å²) in [6.45, 7) is 3.58. The number of nitrogens with zero attached hydrogens (tertiary/aromatic N) is 4. The molecule has 4 aromatic rings. The number of rotatable bonds is 6. The predicted octanol–water partition coefficient (Wildman–Crippen LogP) is 4.45. The molecule has 2 aliphatic rings. The number of thiophene rings is 1. The summed E-state index contributed by atoms with van der Waals surface area (Å²) < 4.78 is 12.6. The summed E-state index contributed by atoms with van der Waals surface area (Å²) in [4.78, 5) is 28.9. The van der Waals surface area contributed by atoms with E-state index in [-0.39, 0.29) is 11.2 Å². The zero-order chi connectivity index (χ0) is 24.6. The van der Waals surface area contributed by atoms with Crippen LogP contribution in [0.2, 0.25) is 5.28 Å². The van der Waals surface area contributed by atoms with Gasteiger partial charge in [-0.3, -0.25) is 9.69 Å². The minimum Gasteiger partial charge on any atom is -0.420 e. The highest BCUT2D eigenvalue weighted by Crippen LogP contribution is 2.41. The second-order valence-corrected chi connectivity index (χ2v) is 10.3. The van der Waals surface area contributed by atoms with Crippen molar-refractivity contribution < 1.29 is 14.3 Å². The number of hydrogen-bond acceptors (Lipinski definition) is 9. The molecule has 1 amide bonds. The first kappa shape index (κ1) is 23.4. The molecule has 2 N–H and O–H groups in total. The minimum atomic E-state index is -0.0452. The second kappa shape index (κ2) is 9.78. The molecular formula is C25H25ClN6O3S. The van der Waals surface area contributed by atoms with Crippen molar-refractivity contribution >= 4 is 55.5 Å². The average molecular weight is 525 g/mol. The lowest BCUT2D eigenvalue weighted by Crippen LogP contribution is -2.32. The molecule has 9 nitrogen and oxygen atoms in total. The highest BCUT2D eigenvalue weighted by molar-refractivity contribution is 7.21. The minimum absolute atomic E-state index is 0.0452. The van der Waals surface area contributed by atoms with Crippen molar-refractivity contribution in [1.29, 1.82) is 0 Å². The molecule has 6 rings (SSSR count). The zero-order valence-electron chi connectivity index (χ0n) is 19.7. The molecule has 0 bridgehead atoms. The van der Waals surface area contributed by atoms with E-state index in [1.807, 2.05) is 24.3 Å². The van der Waals surface area contributed by atoms with Crippen molar-refractivity contribution in [2.45, 2.75) is 25.4 Å². The van der Waals surface area contributed by atoms with Crippen molar-refractivity contribution in [3.05, 3.63) is 46.2 Å². The number of fused-ring (bicyclic) bond motifs is 5. The van der Waals surface area contributed by atoms with Crippen LogP contribution in [0.25, 0.3) is 21.0 Å². The van der Waals surface area contributed by atoms with Crippen LogP contribution in [0, 0.1) is 0 Å². The van der Waals surface area contributed by atoms with Crippen molar-refractivity contribution in [3.63, 3.8) is 0 Å². The Hall–Kier alpha value is -3.05. The standard InChI is InChI=1S/C25H25ClN6O3S/c1-34-13-15-3-2-10-32(15)12-14-11-29-25(26)31-24(14)35-19-7-4-16-17(30-19)5-6-18-20(16)21-22(36-18)23(33)28-9-8-27-21/h4-7,11,15,27H,2-3,8-10,12-13H2,1H3,(H,28,33). The van der Waals surface area contributed by atoms with Crippen molar-refractivity contribution in [2.24, 2.45) is 0 Å². The fraction of sp³-hybridized carbons (Fsp3) is 0.360. The third kappa shape index (κ3) is 4.34. The topological polar surface area (TPSA) is 102 Å². The lowest BCUT2D eigenvalue weighted by atomic mass is 10.1. The lowest BCUT2D eigenvalue weighted by Gasteiger charge is -2.24. The van der Waals surface area contributed by atoms with Crippen LogP contribution in [0.15, 0.2) is 30.5 Å². The van der Waals surface area contributed by atoms with Crippen molar-refractivity contribution in [1.82, 2.24) is 25.2 Å². The number of anilines is 1. The number of aromatic nitrogens is 3. The van der Waals surface area contributed by atoms with Crippen LogP contribution in [0.1, 0.15) is 28.1 Å². The molecular weight excluding hydrogens is 500 g/mol. The van der Waals surface area contributed by atoms with Crippen LogP contribution in [-0.2, 0) is 11.3 Å². The molecule has 36 heavy (non-hydrogen) atoms. The van der Waals surface area contributed by atoms with E-state index in [0.717, 1.165) is 51.6 Å². The Labute approximate surface area is 216 Å². The fourth-order valence-corrected chi connectivity index (χ4v) is 6.22. The van der Waals surface area contributed by atoms with Gasteiger partial charge in [0.1, 0.15) is 4.88 Å². The highest BCUT2D eigenvalue weighted by atomic mass is 35.5. The quantitative estimate of drug-likeness (QED) is 0.357. The number of hydrogen-bond donors (Lipinski definition) is 2. The summed E-state index contributed by atoms with van der Waals surface area (Å²) in [5, 5.41) is 8.43. The van der Waals surface area contributed by atoms with E-state index in [9.17, 15) is 4.79 Å². The predicted molar refractivity (Wildman–Crippen MR) is 140 cm³/mol. The Morgan fingerprint density at radius 3 is 2.97 bits per heavy atom. The molecule has 0 radical (unpaired) electrons. The number of ether oxygens (including phenoxy) is 2. The molecule has 186 valence electrons. The Morgan fingerprint density at radius 1 is 1.19 bits per heavy atom. The van der Waals surface area contributed by atoms with Gasteiger partial charge in [-0.15, -0.1) is 11.3 Å². The van der Waals surface area contributed by atoms with E-state index in [4.69, 9.17) is 26.1 Å². The monoisotopic (exact) mass is 524 g/mol. The van der Waals surface area contributed by atoms with Gasteiger partial charge in [0, 0.05) is 66.1 Å². The van der Waals surface area contributed by atoms with Crippen LogP contribution >= 0.6 is 22.9 Å². The molecule has 3 aromatic heterocycles. The third-order valence-electron chi connectivity index (χ3n) is 6.64. The van der Waals surface area contributed by atoms with Crippen LogP contribution in [0.5, 0.6) is 11.8 Å². The number of halogens is 1. The van der Waals surface area contributed by atoms with E-state index in [1.165, 1.54) is 11.3 Å². The van der Waals surface area contributed by atoms with E-state index in [0.29, 0.717) is 48.9 Å². The summed E-state index contributed by atoms with van der Waals surface area (Å²) in [5.41, 5.74) is 2.48. The maximum absolute atomic E-state index is 12.5. The van der Waals surface area contributed by atoms with Crippen LogP contribution in [0.4, 0.5) is 5.69 Å². The second-order valence-electron chi connectivity index (χ2n) is 8.94. The normalized spacial score (nSPS) is 18.2. The number of amides is 1. The van der Waals surface area contributed by atoms with Gasteiger partial charge >= 0.3 is 0 Å². The Morgan fingerprint density at radius 2 is 2.08 bits per heavy atom. The molecule has 5 heterocycles. The first-order valence-corrected chi connectivity index (χ1v) is 13.1. The molecule has 1 saturated heterocycles. The first-order valence-electron chi connectivity index (χ1n) is 11.9. The third-order valence-corrected chi connectivity index (χ3v) is 7.98. The molecule has 0 saturated carbocycles. The van der Waals surface area contributed by atoms with Crippen molar-refractivity contribution in [3.8, 4) is 11.8 Å². The number of benzene rings is 1. The Balaban J connectivity index is 1.33. The summed E-state index contributed by atoms with van der Waals surface area (Å²) in [6, 6.07) is 8.11. The molecule has 1 fully saturated rings. The van der Waals surface area contributed by atoms with Gasteiger partial charge in [0.15, 0.2) is 0 Å². The van der Waals surface area contributed by atoms with Crippen LogP contribution in [0.3, 0.4) is 0 Å². The Kier molecular flexibility index (Phi) is 6.34. The maximum Gasteiger partial charge on any atom is 0.263 e. The summed E-state index contributed by atoms with van der Waals surface area (Å²) in [7, 11) is 1.73. The van der Waals surface area contributed by atoms with E-state index in [1.54, 1.807) is 13.3 Å². The van der Waals surface area contributed by atoms with E-state index >= 15 is 0 Å². The van der Waals surface area contributed by atoms with Crippen LogP contribution in [-0.4, -0.2) is 65.2 Å². The van der Waals surface area contributed by atoms with Gasteiger partial charge in [-0.25, -0.2) is 9.97 Å². The van der Waals surface area contributed by atoms with E-state index < -0.39 is 0 Å². The molecule has 1 unspecified atom stereocenters. The SMILES string of the molecule is COCC1CCCN1Cc1cnc(Cl)nc1Oc1ccc2c(ccc3sc4c(c32)NCCNC4=O)n1. The number of nitrogens with one attached hydrogen (secondary N) is 2. The highest BCUT2D eigenvalue weighted by Gasteiger charge is 2.26. The summed E-state index contributed by atoms with van der Waals surface area (Å²) in [5.74, 6) is 0.768. The number of methoxy groups -OCH3 is 1. The van der Waals surface area contributed by atoms with Gasteiger partial charge < -0.3 is 20.1 Å². The largest absolute Gasteiger partial charge is 0.420 e. The van der Waals surface area contributed by atoms with Gasteiger partial charge in [0.05, 0.1) is 17.8 Å². The molecule has 11 heteroatoms. The molecule has 1 atom stereocenters. The number of carbonyl (C=O) groups excluding carboxylic acids is 1. The van der Waals surface area contributed by atoms with Gasteiger partial charge in [0.25, 0.3) is 5.91 Å². The molecule has 1 aromatic carbocycles.